The summed E-state index contributed by atoms with van der Waals surface area (Å²) < 4.78 is 0. The normalized spacial score (nSPS) is 36.5. The van der Waals surface area contributed by atoms with Crippen molar-refractivity contribution in [3.05, 3.63) is 35.9 Å². The number of piperidine rings is 1. The molecule has 2 aliphatic rings. The van der Waals surface area contributed by atoms with E-state index in [0.717, 1.165) is 12.1 Å². The van der Waals surface area contributed by atoms with E-state index >= 15 is 0 Å². The Labute approximate surface area is 85.7 Å². The summed E-state index contributed by atoms with van der Waals surface area (Å²) in [6, 6.07) is 13.4. The molecule has 1 aliphatic heterocycles. The number of likely N-dealkylation sites (tertiary alicyclic amines) is 1. The van der Waals surface area contributed by atoms with Crippen LogP contribution in [-0.2, 0) is 0 Å². The Kier molecular flexibility index (Phi) is 1.88. The summed E-state index contributed by atoms with van der Waals surface area (Å²) in [4.78, 5) is 2.68. The minimum Gasteiger partial charge on any atom is -0.288 e. The van der Waals surface area contributed by atoms with Gasteiger partial charge >= 0.3 is 0 Å². The fourth-order valence-corrected chi connectivity index (χ4v) is 3.05. The van der Waals surface area contributed by atoms with Gasteiger partial charge in [-0.15, -0.1) is 0 Å². The van der Waals surface area contributed by atoms with E-state index in [2.05, 4.69) is 42.2 Å². The molecule has 0 N–H and O–H groups in total. The molecule has 1 heterocycles. The van der Waals surface area contributed by atoms with Crippen LogP contribution in [0.1, 0.15) is 37.8 Å². The Hall–Kier alpha value is -0.820. The van der Waals surface area contributed by atoms with Crippen molar-refractivity contribution in [1.29, 1.82) is 0 Å². The predicted molar refractivity (Wildman–Crippen MR) is 58.1 cm³/mol. The molecule has 1 heteroatoms. The summed E-state index contributed by atoms with van der Waals surface area (Å²) in [7, 11) is 0. The number of fused-ring (bicyclic) bond motifs is 1. The van der Waals surface area contributed by atoms with Gasteiger partial charge in [0.15, 0.2) is 0 Å². The average Bonchev–Trinajstić information content (AvgIpc) is 2.72. The van der Waals surface area contributed by atoms with Crippen LogP contribution in [0.4, 0.5) is 0 Å². The number of hydrogen-bond donors (Lipinski definition) is 0. The fourth-order valence-electron chi connectivity index (χ4n) is 3.05. The molecule has 0 aromatic heterocycles. The van der Waals surface area contributed by atoms with Gasteiger partial charge in [-0.1, -0.05) is 36.8 Å². The molecule has 1 aromatic carbocycles. The summed E-state index contributed by atoms with van der Waals surface area (Å²) in [5, 5.41) is 0. The van der Waals surface area contributed by atoms with Crippen molar-refractivity contribution < 1.29 is 0 Å². The zero-order valence-electron chi connectivity index (χ0n) is 8.69. The highest BCUT2D eigenvalue weighted by atomic mass is 15.4. The minimum absolute atomic E-state index is 0.631. The Balaban J connectivity index is 1.75. The van der Waals surface area contributed by atoms with Gasteiger partial charge in [-0.3, -0.25) is 4.90 Å². The van der Waals surface area contributed by atoms with Crippen LogP contribution in [0.3, 0.4) is 0 Å². The lowest BCUT2D eigenvalue weighted by Crippen LogP contribution is -2.11. The highest BCUT2D eigenvalue weighted by Crippen LogP contribution is 2.47. The van der Waals surface area contributed by atoms with Crippen molar-refractivity contribution in [3.63, 3.8) is 0 Å². The minimum atomic E-state index is 0.631. The number of hydrogen-bond acceptors (Lipinski definition) is 1. The molecule has 1 saturated heterocycles. The fraction of sp³-hybridized carbons (Fsp3) is 0.538. The molecule has 0 amide bonds. The molecule has 0 bridgehead atoms. The predicted octanol–water partition coefficient (Wildman–Crippen LogP) is 2.98. The second kappa shape index (κ2) is 3.09. The molecular weight excluding hydrogens is 170 g/mol. The first-order chi connectivity index (χ1) is 6.88. The molecule has 2 fully saturated rings. The lowest BCUT2D eigenvalue weighted by atomic mass is 10.1. The van der Waals surface area contributed by atoms with Gasteiger partial charge in [-0.05, 0) is 25.3 Å². The molecule has 2 unspecified atom stereocenters. The van der Waals surface area contributed by atoms with E-state index in [1.807, 2.05) is 0 Å². The van der Waals surface area contributed by atoms with Gasteiger partial charge in [-0.25, -0.2) is 0 Å². The van der Waals surface area contributed by atoms with Gasteiger partial charge in [0.1, 0.15) is 0 Å². The summed E-state index contributed by atoms with van der Waals surface area (Å²) in [5.74, 6) is 0. The molecule has 1 nitrogen and oxygen atoms in total. The Morgan fingerprint density at radius 1 is 1.14 bits per heavy atom. The lowest BCUT2D eigenvalue weighted by molar-refractivity contribution is 0.347. The summed E-state index contributed by atoms with van der Waals surface area (Å²) in [5.41, 5.74) is 1.47. The van der Waals surface area contributed by atoms with E-state index < -0.39 is 0 Å². The Bertz CT molecular complexity index is 309. The molecule has 1 aromatic rings. The zero-order chi connectivity index (χ0) is 9.54. The van der Waals surface area contributed by atoms with E-state index in [0.29, 0.717) is 6.04 Å². The van der Waals surface area contributed by atoms with Gasteiger partial charge in [0.2, 0.25) is 0 Å². The lowest BCUT2D eigenvalue weighted by Gasteiger charge is -2.16. The smallest absolute Gasteiger partial charge is 0.0327 e. The second-order valence-corrected chi connectivity index (χ2v) is 4.60. The van der Waals surface area contributed by atoms with Crippen molar-refractivity contribution in [1.82, 2.24) is 4.90 Å². The SMILES string of the molecule is C[C@@H](c1ccccc1)N1C2CCCC21. The molecule has 74 valence electrons. The summed E-state index contributed by atoms with van der Waals surface area (Å²) in [6.45, 7) is 2.34. The Morgan fingerprint density at radius 3 is 2.43 bits per heavy atom. The molecule has 3 atom stereocenters. The topological polar surface area (TPSA) is 3.01 Å². The zero-order valence-corrected chi connectivity index (χ0v) is 8.69. The number of rotatable bonds is 2. The van der Waals surface area contributed by atoms with Crippen molar-refractivity contribution in [3.8, 4) is 0 Å². The standard InChI is InChI=1S/C13H17N/c1-10(11-6-3-2-4-7-11)14-12-8-5-9-13(12)14/h2-4,6-7,10,12-13H,5,8-9H2,1H3/t10-,12?,13?,14?/m0/s1. The third kappa shape index (κ3) is 1.19. The first-order valence-corrected chi connectivity index (χ1v) is 5.70. The molecule has 0 spiro atoms. The van der Waals surface area contributed by atoms with E-state index in [1.165, 1.54) is 24.8 Å². The molecule has 14 heavy (non-hydrogen) atoms. The molecule has 3 rings (SSSR count). The van der Waals surface area contributed by atoms with Crippen molar-refractivity contribution in [2.45, 2.75) is 44.3 Å². The van der Waals surface area contributed by atoms with Crippen LogP contribution in [0.5, 0.6) is 0 Å². The van der Waals surface area contributed by atoms with E-state index in [4.69, 9.17) is 0 Å². The first kappa shape index (κ1) is 8.49. The maximum absolute atomic E-state index is 2.68. The summed E-state index contributed by atoms with van der Waals surface area (Å²) >= 11 is 0. The molecule has 1 saturated carbocycles. The second-order valence-electron chi connectivity index (χ2n) is 4.60. The maximum Gasteiger partial charge on any atom is 0.0327 e. The van der Waals surface area contributed by atoms with Crippen molar-refractivity contribution in [2.24, 2.45) is 0 Å². The third-order valence-corrected chi connectivity index (χ3v) is 3.85. The Morgan fingerprint density at radius 2 is 1.79 bits per heavy atom. The third-order valence-electron chi connectivity index (χ3n) is 3.85. The van der Waals surface area contributed by atoms with E-state index in [9.17, 15) is 0 Å². The monoisotopic (exact) mass is 187 g/mol. The highest BCUT2D eigenvalue weighted by molar-refractivity contribution is 5.22. The first-order valence-electron chi connectivity index (χ1n) is 5.70. The van der Waals surface area contributed by atoms with Gasteiger partial charge in [-0.2, -0.15) is 0 Å². The summed E-state index contributed by atoms with van der Waals surface area (Å²) in [6.07, 6.45) is 4.32. The van der Waals surface area contributed by atoms with Crippen LogP contribution < -0.4 is 0 Å². The van der Waals surface area contributed by atoms with Gasteiger partial charge in [0, 0.05) is 18.1 Å². The molecule has 0 radical (unpaired) electrons. The van der Waals surface area contributed by atoms with Crippen LogP contribution in [0.25, 0.3) is 0 Å². The highest BCUT2D eigenvalue weighted by Gasteiger charge is 2.52. The van der Waals surface area contributed by atoms with Crippen molar-refractivity contribution >= 4 is 0 Å². The van der Waals surface area contributed by atoms with Crippen molar-refractivity contribution in [2.75, 3.05) is 0 Å². The van der Waals surface area contributed by atoms with Gasteiger partial charge in [0.05, 0.1) is 0 Å². The maximum atomic E-state index is 2.68. The molecule has 1 aliphatic carbocycles. The average molecular weight is 187 g/mol. The number of benzene rings is 1. The largest absolute Gasteiger partial charge is 0.288 e. The van der Waals surface area contributed by atoms with E-state index in [-0.39, 0.29) is 0 Å². The van der Waals surface area contributed by atoms with Gasteiger partial charge < -0.3 is 0 Å². The van der Waals surface area contributed by atoms with E-state index in [1.54, 1.807) is 0 Å². The quantitative estimate of drug-likeness (QED) is 0.643. The molecular formula is C13H17N. The van der Waals surface area contributed by atoms with Crippen LogP contribution in [-0.4, -0.2) is 17.0 Å². The number of nitrogens with zero attached hydrogens (tertiary/aromatic N) is 1. The van der Waals surface area contributed by atoms with Crippen LogP contribution in [0, 0.1) is 0 Å². The van der Waals surface area contributed by atoms with Crippen LogP contribution >= 0.6 is 0 Å². The van der Waals surface area contributed by atoms with Crippen LogP contribution in [0.15, 0.2) is 30.3 Å². The van der Waals surface area contributed by atoms with Gasteiger partial charge in [0.25, 0.3) is 0 Å². The van der Waals surface area contributed by atoms with Crippen LogP contribution in [0.2, 0.25) is 0 Å².